The quantitative estimate of drug-likeness (QED) is 0.754. The van der Waals surface area contributed by atoms with Crippen LogP contribution >= 0.6 is 11.6 Å². The van der Waals surface area contributed by atoms with Crippen molar-refractivity contribution in [1.82, 2.24) is 4.57 Å². The Labute approximate surface area is 161 Å². The van der Waals surface area contributed by atoms with Gasteiger partial charge < -0.3 is 14.4 Å². The number of hydrogen-bond donors (Lipinski definition) is 2. The van der Waals surface area contributed by atoms with E-state index in [2.05, 4.69) is 25.6 Å². The molecule has 1 aromatic carbocycles. The van der Waals surface area contributed by atoms with Crippen LogP contribution in [0.15, 0.2) is 30.3 Å². The van der Waals surface area contributed by atoms with E-state index in [1.54, 1.807) is 4.90 Å². The van der Waals surface area contributed by atoms with E-state index in [4.69, 9.17) is 11.6 Å². The molecule has 1 fully saturated rings. The highest BCUT2D eigenvalue weighted by atomic mass is 35.5. The van der Waals surface area contributed by atoms with Crippen molar-refractivity contribution in [3.63, 3.8) is 0 Å². The SMILES string of the molecule is Cc1cc(C(=O)C[NH+](C)C2CC[NH+](C)CC2)c(C)n1-c1ccc(Cl)cc1. The van der Waals surface area contributed by atoms with Gasteiger partial charge in [0.05, 0.1) is 33.2 Å². The lowest BCUT2D eigenvalue weighted by atomic mass is 10.0. The van der Waals surface area contributed by atoms with Gasteiger partial charge in [0.15, 0.2) is 0 Å². The lowest BCUT2D eigenvalue weighted by molar-refractivity contribution is -0.934. The molecule has 1 aromatic heterocycles. The van der Waals surface area contributed by atoms with Crippen molar-refractivity contribution < 1.29 is 14.6 Å². The number of carbonyl (C=O) groups excluding carboxylic acids is 1. The summed E-state index contributed by atoms with van der Waals surface area (Å²) in [5, 5.41) is 0.720. The van der Waals surface area contributed by atoms with Gasteiger partial charge in [0.25, 0.3) is 0 Å². The number of rotatable bonds is 5. The summed E-state index contributed by atoms with van der Waals surface area (Å²) >= 11 is 6.01. The molecule has 2 heterocycles. The van der Waals surface area contributed by atoms with Crippen molar-refractivity contribution in [2.45, 2.75) is 32.7 Å². The number of likely N-dealkylation sites (tertiary alicyclic amines) is 1. The molecule has 0 saturated carbocycles. The van der Waals surface area contributed by atoms with Gasteiger partial charge >= 0.3 is 0 Å². The van der Waals surface area contributed by atoms with E-state index < -0.39 is 0 Å². The van der Waals surface area contributed by atoms with Crippen molar-refractivity contribution in [3.05, 3.63) is 52.3 Å². The second kappa shape index (κ2) is 7.95. The number of nitrogens with one attached hydrogen (secondary N) is 2. The Balaban J connectivity index is 1.76. The van der Waals surface area contributed by atoms with Crippen molar-refractivity contribution >= 4 is 17.4 Å². The minimum Gasteiger partial charge on any atom is -0.337 e. The van der Waals surface area contributed by atoms with Gasteiger partial charge in [0.2, 0.25) is 5.78 Å². The molecular formula is C21H30ClN3O+2. The standard InChI is InChI=1S/C21H28ClN3O/c1-15-13-20(16(2)25(15)19-7-5-17(22)6-8-19)21(26)14-24(4)18-9-11-23(3)12-10-18/h5-8,13,18H,9-12,14H2,1-4H3/p+2. The summed E-state index contributed by atoms with van der Waals surface area (Å²) in [5.41, 5.74) is 3.97. The molecule has 1 aliphatic heterocycles. The molecule has 0 amide bonds. The van der Waals surface area contributed by atoms with Gasteiger partial charge in [-0.25, -0.2) is 0 Å². The molecule has 0 radical (unpaired) electrons. The van der Waals surface area contributed by atoms with Crippen LogP contribution in [0.1, 0.15) is 34.6 Å². The summed E-state index contributed by atoms with van der Waals surface area (Å²) in [5.74, 6) is 0.238. The van der Waals surface area contributed by atoms with Gasteiger partial charge in [-0.15, -0.1) is 0 Å². The molecule has 3 rings (SSSR count). The fourth-order valence-electron chi connectivity index (χ4n) is 4.13. The minimum atomic E-state index is 0.238. The third-order valence-corrected chi connectivity index (χ3v) is 6.04. The molecule has 1 atom stereocenters. The average molecular weight is 376 g/mol. The molecule has 1 aliphatic rings. The number of halogens is 1. The van der Waals surface area contributed by atoms with Gasteiger partial charge in [0.1, 0.15) is 6.54 Å². The maximum absolute atomic E-state index is 13.0. The van der Waals surface area contributed by atoms with Crippen LogP contribution in [0.4, 0.5) is 0 Å². The van der Waals surface area contributed by atoms with Crippen LogP contribution in [0.5, 0.6) is 0 Å². The van der Waals surface area contributed by atoms with Crippen LogP contribution in [0, 0.1) is 13.8 Å². The number of carbonyl (C=O) groups is 1. The van der Waals surface area contributed by atoms with Gasteiger partial charge in [-0.3, -0.25) is 4.79 Å². The molecule has 4 nitrogen and oxygen atoms in total. The first-order valence-corrected chi connectivity index (χ1v) is 9.86. The maximum Gasteiger partial charge on any atom is 0.218 e. The highest BCUT2D eigenvalue weighted by Gasteiger charge is 2.28. The number of nitrogens with zero attached hydrogens (tertiary/aromatic N) is 1. The van der Waals surface area contributed by atoms with Crippen molar-refractivity contribution in [1.29, 1.82) is 0 Å². The molecule has 2 N–H and O–H groups in total. The van der Waals surface area contributed by atoms with Gasteiger partial charge in [0, 0.05) is 40.5 Å². The number of ketones is 1. The van der Waals surface area contributed by atoms with Crippen LogP contribution in [-0.2, 0) is 0 Å². The molecule has 0 aliphatic carbocycles. The number of hydrogen-bond acceptors (Lipinski definition) is 1. The fraction of sp³-hybridized carbons (Fsp3) is 0.476. The molecule has 0 bridgehead atoms. The van der Waals surface area contributed by atoms with Crippen LogP contribution in [0.2, 0.25) is 5.02 Å². The van der Waals surface area contributed by atoms with Crippen molar-refractivity contribution in [2.75, 3.05) is 33.7 Å². The zero-order valence-electron chi connectivity index (χ0n) is 16.2. The number of Topliss-reactive ketones (excluding diaryl/α,β-unsaturated/α-hetero) is 1. The summed E-state index contributed by atoms with van der Waals surface area (Å²) < 4.78 is 2.14. The summed E-state index contributed by atoms with van der Waals surface area (Å²) in [6.07, 6.45) is 2.41. The predicted octanol–water partition coefficient (Wildman–Crippen LogP) is 1.12. The van der Waals surface area contributed by atoms with Crippen LogP contribution < -0.4 is 9.80 Å². The first kappa shape index (κ1) is 19.2. The van der Waals surface area contributed by atoms with Crippen LogP contribution in [0.25, 0.3) is 5.69 Å². The lowest BCUT2D eigenvalue weighted by Crippen LogP contribution is -3.18. The summed E-state index contributed by atoms with van der Waals surface area (Å²) in [7, 11) is 4.42. The molecule has 2 aromatic rings. The average Bonchev–Trinajstić information content (AvgIpc) is 2.91. The van der Waals surface area contributed by atoms with E-state index >= 15 is 0 Å². The topological polar surface area (TPSA) is 30.9 Å². The third-order valence-electron chi connectivity index (χ3n) is 5.79. The van der Waals surface area contributed by atoms with E-state index in [0.717, 1.165) is 27.7 Å². The molecule has 1 saturated heterocycles. The van der Waals surface area contributed by atoms with E-state index in [9.17, 15) is 4.79 Å². The minimum absolute atomic E-state index is 0.238. The Bertz CT molecular complexity index is 773. The smallest absolute Gasteiger partial charge is 0.218 e. The van der Waals surface area contributed by atoms with Crippen molar-refractivity contribution in [2.24, 2.45) is 0 Å². The first-order chi connectivity index (χ1) is 12.4. The van der Waals surface area contributed by atoms with Gasteiger partial charge in [-0.2, -0.15) is 0 Å². The Kier molecular flexibility index (Phi) is 5.86. The van der Waals surface area contributed by atoms with E-state index in [-0.39, 0.29) is 5.78 Å². The highest BCUT2D eigenvalue weighted by Crippen LogP contribution is 2.22. The second-order valence-corrected chi connectivity index (χ2v) is 8.21. The summed E-state index contributed by atoms with van der Waals surface area (Å²) in [6.45, 7) is 7.06. The zero-order valence-corrected chi connectivity index (χ0v) is 17.0. The Hall–Kier alpha value is -1.62. The monoisotopic (exact) mass is 375 g/mol. The maximum atomic E-state index is 13.0. The number of aryl methyl sites for hydroxylation is 1. The van der Waals surface area contributed by atoms with E-state index in [1.165, 1.54) is 30.8 Å². The Morgan fingerprint density at radius 1 is 1.23 bits per heavy atom. The Morgan fingerprint density at radius 3 is 2.46 bits per heavy atom. The number of likely N-dealkylation sites (N-methyl/N-ethyl adjacent to an activating group) is 1. The number of aromatic nitrogens is 1. The van der Waals surface area contributed by atoms with Gasteiger partial charge in [-0.05, 0) is 44.2 Å². The van der Waals surface area contributed by atoms with Gasteiger partial charge in [-0.1, -0.05) is 11.6 Å². The Morgan fingerprint density at radius 2 is 1.85 bits per heavy atom. The van der Waals surface area contributed by atoms with E-state index in [1.807, 2.05) is 37.3 Å². The van der Waals surface area contributed by atoms with Crippen LogP contribution in [-0.4, -0.2) is 50.1 Å². The number of quaternary nitrogens is 2. The van der Waals surface area contributed by atoms with Crippen molar-refractivity contribution in [3.8, 4) is 5.69 Å². The molecule has 5 heteroatoms. The molecule has 26 heavy (non-hydrogen) atoms. The second-order valence-electron chi connectivity index (χ2n) is 7.77. The third kappa shape index (κ3) is 4.03. The molecule has 0 spiro atoms. The first-order valence-electron chi connectivity index (χ1n) is 9.48. The number of piperidine rings is 1. The summed E-state index contributed by atoms with van der Waals surface area (Å²) in [4.78, 5) is 15.9. The molecular weight excluding hydrogens is 346 g/mol. The summed E-state index contributed by atoms with van der Waals surface area (Å²) in [6, 6.07) is 10.4. The molecule has 140 valence electrons. The largest absolute Gasteiger partial charge is 0.337 e. The fourth-order valence-corrected chi connectivity index (χ4v) is 4.25. The predicted molar refractivity (Wildman–Crippen MR) is 106 cm³/mol. The number of benzene rings is 1. The van der Waals surface area contributed by atoms with E-state index in [0.29, 0.717) is 12.6 Å². The van der Waals surface area contributed by atoms with Crippen LogP contribution in [0.3, 0.4) is 0 Å². The lowest BCUT2D eigenvalue weighted by Gasteiger charge is -2.30. The molecule has 1 unspecified atom stereocenters. The highest BCUT2D eigenvalue weighted by molar-refractivity contribution is 6.30. The normalized spacial score (nSPS) is 21.6. The zero-order chi connectivity index (χ0) is 18.8.